The largest absolute Gasteiger partial charge is 0.497 e. The van der Waals surface area contributed by atoms with Gasteiger partial charge in [0, 0.05) is 34.3 Å². The Morgan fingerprint density at radius 3 is 2.38 bits per heavy atom. The highest BCUT2D eigenvalue weighted by Gasteiger charge is 2.45. The lowest BCUT2D eigenvalue weighted by atomic mass is 9.69. The van der Waals surface area contributed by atoms with Crippen LogP contribution in [0.4, 0.5) is 0 Å². The van der Waals surface area contributed by atoms with E-state index in [-0.39, 0.29) is 24.3 Å². The van der Waals surface area contributed by atoms with Crippen molar-refractivity contribution in [2.75, 3.05) is 13.7 Å². The second kappa shape index (κ2) is 9.21. The summed E-state index contributed by atoms with van der Waals surface area (Å²) >= 11 is 6.04. The van der Waals surface area contributed by atoms with Crippen LogP contribution in [0.3, 0.4) is 0 Å². The van der Waals surface area contributed by atoms with Gasteiger partial charge in [0.15, 0.2) is 5.78 Å². The molecule has 0 bridgehead atoms. The van der Waals surface area contributed by atoms with E-state index in [1.54, 1.807) is 14.0 Å². The molecular weight excluding hydrogens is 426 g/mol. The first-order valence-corrected chi connectivity index (χ1v) is 11.1. The second-order valence-electron chi connectivity index (χ2n) is 8.10. The average molecular weight is 452 g/mol. The van der Waals surface area contributed by atoms with Crippen molar-refractivity contribution in [1.29, 1.82) is 0 Å². The van der Waals surface area contributed by atoms with Crippen LogP contribution in [0.5, 0.6) is 5.75 Å². The number of ketones is 1. The van der Waals surface area contributed by atoms with E-state index in [1.807, 2.05) is 48.5 Å². The van der Waals surface area contributed by atoms with Gasteiger partial charge in [-0.25, -0.2) is 0 Å². The number of allylic oxidation sites excluding steroid dienone is 2. The van der Waals surface area contributed by atoms with Gasteiger partial charge in [-0.3, -0.25) is 9.59 Å². The lowest BCUT2D eigenvalue weighted by Gasteiger charge is -2.40. The van der Waals surface area contributed by atoms with Crippen molar-refractivity contribution in [1.82, 2.24) is 5.32 Å². The quantitative estimate of drug-likeness (QED) is 0.638. The summed E-state index contributed by atoms with van der Waals surface area (Å²) < 4.78 is 10.6. The summed E-state index contributed by atoms with van der Waals surface area (Å²) in [5, 5.41) is 3.95. The lowest BCUT2D eigenvalue weighted by Crippen LogP contribution is -2.42. The van der Waals surface area contributed by atoms with E-state index in [1.165, 1.54) is 0 Å². The zero-order valence-electron chi connectivity index (χ0n) is 18.2. The van der Waals surface area contributed by atoms with Crippen LogP contribution in [0.1, 0.15) is 42.7 Å². The Morgan fingerprint density at radius 2 is 1.75 bits per heavy atom. The van der Waals surface area contributed by atoms with Gasteiger partial charge < -0.3 is 14.8 Å². The highest BCUT2D eigenvalue weighted by molar-refractivity contribution is 6.30. The minimum absolute atomic E-state index is 0.0290. The van der Waals surface area contributed by atoms with Crippen molar-refractivity contribution in [3.8, 4) is 5.75 Å². The van der Waals surface area contributed by atoms with Crippen LogP contribution in [-0.2, 0) is 14.3 Å². The molecule has 166 valence electrons. The van der Waals surface area contributed by atoms with E-state index in [0.717, 1.165) is 16.8 Å². The number of carbonyl (C=O) groups excluding carboxylic acids is 2. The molecule has 4 rings (SSSR count). The van der Waals surface area contributed by atoms with Gasteiger partial charge in [-0.05, 0) is 54.7 Å². The van der Waals surface area contributed by atoms with E-state index >= 15 is 0 Å². The van der Waals surface area contributed by atoms with Crippen molar-refractivity contribution in [3.05, 3.63) is 88.2 Å². The fourth-order valence-electron chi connectivity index (χ4n) is 4.70. The highest BCUT2D eigenvalue weighted by Crippen LogP contribution is 2.47. The van der Waals surface area contributed by atoms with Crippen LogP contribution in [0, 0.1) is 5.92 Å². The van der Waals surface area contributed by atoms with E-state index < -0.39 is 11.8 Å². The van der Waals surface area contributed by atoms with Gasteiger partial charge in [0.2, 0.25) is 0 Å². The zero-order chi connectivity index (χ0) is 22.8. The number of hydrogen-bond acceptors (Lipinski definition) is 5. The second-order valence-corrected chi connectivity index (χ2v) is 8.54. The third-order valence-electron chi connectivity index (χ3n) is 6.20. The maximum atomic E-state index is 13.5. The standard InChI is InChI=1S/C26H26ClNO4/c1-4-32-26(30)23-15(2)28-21-13-18(16-5-9-19(27)10-6-16)14-22(29)25(21)24(23)17-7-11-20(31-3)12-8-17/h5-12,18,23-24,28H,2,4,13-14H2,1,3H3. The first-order valence-electron chi connectivity index (χ1n) is 10.7. The van der Waals surface area contributed by atoms with Crippen molar-refractivity contribution < 1.29 is 19.1 Å². The molecule has 2 aromatic carbocycles. The molecule has 0 amide bonds. The first-order chi connectivity index (χ1) is 15.4. The van der Waals surface area contributed by atoms with E-state index in [2.05, 4.69) is 11.9 Å². The molecule has 0 spiro atoms. The van der Waals surface area contributed by atoms with Crippen LogP contribution in [0.2, 0.25) is 5.02 Å². The molecule has 3 atom stereocenters. The van der Waals surface area contributed by atoms with E-state index in [9.17, 15) is 9.59 Å². The van der Waals surface area contributed by atoms with E-state index in [4.69, 9.17) is 21.1 Å². The summed E-state index contributed by atoms with van der Waals surface area (Å²) in [5.74, 6) is -0.748. The molecular formula is C26H26ClNO4. The smallest absolute Gasteiger partial charge is 0.315 e. The van der Waals surface area contributed by atoms with Gasteiger partial charge in [0.05, 0.1) is 13.7 Å². The molecule has 6 heteroatoms. The summed E-state index contributed by atoms with van der Waals surface area (Å²) in [4.78, 5) is 26.4. The number of methoxy groups -OCH3 is 1. The fourth-order valence-corrected chi connectivity index (χ4v) is 4.83. The van der Waals surface area contributed by atoms with Gasteiger partial charge in [-0.2, -0.15) is 0 Å². The van der Waals surface area contributed by atoms with Gasteiger partial charge in [-0.15, -0.1) is 0 Å². The van der Waals surface area contributed by atoms with Gasteiger partial charge >= 0.3 is 5.97 Å². The number of nitrogens with one attached hydrogen (secondary N) is 1. The van der Waals surface area contributed by atoms with Crippen LogP contribution in [0.15, 0.2) is 72.1 Å². The van der Waals surface area contributed by atoms with Crippen molar-refractivity contribution >= 4 is 23.4 Å². The molecule has 0 saturated heterocycles. The van der Waals surface area contributed by atoms with Crippen molar-refractivity contribution in [2.24, 2.45) is 5.92 Å². The molecule has 0 fully saturated rings. The number of hydrogen-bond donors (Lipinski definition) is 1. The van der Waals surface area contributed by atoms with Crippen LogP contribution in [-0.4, -0.2) is 25.5 Å². The Morgan fingerprint density at radius 1 is 1.09 bits per heavy atom. The Bertz CT molecular complexity index is 1070. The maximum absolute atomic E-state index is 13.5. The summed E-state index contributed by atoms with van der Waals surface area (Å²) in [7, 11) is 1.60. The monoisotopic (exact) mass is 451 g/mol. The SMILES string of the molecule is C=C1NC2=C(C(=O)CC(c3ccc(Cl)cc3)C2)C(c2ccc(OC)cc2)C1C(=O)OCC. The highest BCUT2D eigenvalue weighted by atomic mass is 35.5. The molecule has 32 heavy (non-hydrogen) atoms. The van der Waals surface area contributed by atoms with Crippen LogP contribution in [0.25, 0.3) is 0 Å². The summed E-state index contributed by atoms with van der Waals surface area (Å²) in [6, 6.07) is 15.1. The Balaban J connectivity index is 1.77. The van der Waals surface area contributed by atoms with E-state index in [0.29, 0.717) is 34.9 Å². The Labute approximate surface area is 193 Å². The number of benzene rings is 2. The molecule has 0 saturated carbocycles. The summed E-state index contributed by atoms with van der Waals surface area (Å²) in [6.07, 6.45) is 1.03. The van der Waals surface area contributed by atoms with Crippen LogP contribution >= 0.6 is 11.6 Å². The molecule has 0 aromatic heterocycles. The summed E-state index contributed by atoms with van der Waals surface area (Å²) in [6.45, 7) is 6.16. The minimum atomic E-state index is -0.682. The molecule has 1 N–H and O–H groups in total. The fraction of sp³-hybridized carbons (Fsp3) is 0.308. The van der Waals surface area contributed by atoms with Gasteiger partial charge in [0.25, 0.3) is 0 Å². The van der Waals surface area contributed by atoms with Gasteiger partial charge in [0.1, 0.15) is 11.7 Å². The Kier molecular flexibility index (Phi) is 6.38. The molecule has 2 aromatic rings. The molecule has 1 aliphatic carbocycles. The average Bonchev–Trinajstić information content (AvgIpc) is 2.78. The predicted molar refractivity (Wildman–Crippen MR) is 124 cm³/mol. The maximum Gasteiger partial charge on any atom is 0.315 e. The number of rotatable bonds is 5. The molecule has 2 aliphatic rings. The first kappa shape index (κ1) is 22.2. The normalized spacial score (nSPS) is 22.8. The van der Waals surface area contributed by atoms with Gasteiger partial charge in [-0.1, -0.05) is 42.4 Å². The molecule has 1 heterocycles. The zero-order valence-corrected chi connectivity index (χ0v) is 18.9. The Hall–Kier alpha value is -3.05. The lowest BCUT2D eigenvalue weighted by molar-refractivity contribution is -0.147. The van der Waals surface area contributed by atoms with Crippen molar-refractivity contribution in [3.63, 3.8) is 0 Å². The minimum Gasteiger partial charge on any atom is -0.497 e. The number of halogens is 1. The molecule has 1 aliphatic heterocycles. The number of ether oxygens (including phenoxy) is 2. The topological polar surface area (TPSA) is 64.6 Å². The molecule has 0 radical (unpaired) electrons. The predicted octanol–water partition coefficient (Wildman–Crippen LogP) is 5.13. The summed E-state index contributed by atoms with van der Waals surface area (Å²) in [5.41, 5.74) is 3.94. The van der Waals surface area contributed by atoms with Crippen molar-refractivity contribution in [2.45, 2.75) is 31.6 Å². The van der Waals surface area contributed by atoms with Crippen LogP contribution < -0.4 is 10.1 Å². The third-order valence-corrected chi connectivity index (χ3v) is 6.45. The third kappa shape index (κ3) is 4.17. The molecule has 3 unspecified atom stereocenters. The number of Topliss-reactive ketones (excluding diaryl/α,β-unsaturated/α-hetero) is 1. The number of carbonyl (C=O) groups is 2. The number of esters is 1. The molecule has 5 nitrogen and oxygen atoms in total.